The molecule has 0 amide bonds. The van der Waals surface area contributed by atoms with Gasteiger partial charge in [-0.25, -0.2) is 0 Å². The second-order valence-corrected chi connectivity index (χ2v) is 3.96. The minimum absolute atomic E-state index is 0.0676. The number of nitrogen functional groups attached to an aromatic ring is 1. The molecule has 0 heterocycles. The maximum Gasteiger partial charge on any atom is 0.165 e. The van der Waals surface area contributed by atoms with E-state index in [1.54, 1.807) is 0 Å². The minimum atomic E-state index is -1.36. The van der Waals surface area contributed by atoms with E-state index in [1.165, 1.54) is 0 Å². The Kier molecular flexibility index (Phi) is 1.15. The number of benzene rings is 1. The third-order valence-electron chi connectivity index (χ3n) is 3.13. The predicted octanol–water partition coefficient (Wildman–Crippen LogP) is 1.89. The molecule has 0 radical (unpaired) electrons. The molecule has 1 aromatic rings. The minimum Gasteiger partial charge on any atom is -0.398 e. The molecule has 1 aromatic carbocycles. The number of hydrogen-bond donors (Lipinski definition) is 1. The molecular weight excluding hydrogens is 174 g/mol. The Hall–Kier alpha value is -1.31. The fraction of sp³-hybridized carbons (Fsp3) is 0.417. The van der Waals surface area contributed by atoms with Gasteiger partial charge in [0.2, 0.25) is 0 Å². The van der Waals surface area contributed by atoms with Crippen molar-refractivity contribution in [3.05, 3.63) is 28.3 Å². The summed E-state index contributed by atoms with van der Waals surface area (Å²) < 4.78 is 15.8. The van der Waals surface area contributed by atoms with E-state index in [4.69, 9.17) is 8.48 Å². The van der Waals surface area contributed by atoms with Crippen molar-refractivity contribution in [3.63, 3.8) is 0 Å². The molecule has 0 spiro atoms. The lowest BCUT2D eigenvalue weighted by Crippen LogP contribution is -2.03. The van der Waals surface area contributed by atoms with Crippen LogP contribution in [-0.2, 0) is 19.2 Å². The Balaban J connectivity index is 2.32. The van der Waals surface area contributed by atoms with Crippen LogP contribution in [0, 0.1) is 0 Å². The number of carbonyl (C=O) groups excluding carboxylic acids is 1. The molecule has 72 valence electrons. The second-order valence-electron chi connectivity index (χ2n) is 3.96. The highest BCUT2D eigenvalue weighted by molar-refractivity contribution is 6.05. The number of hydrogen-bond acceptors (Lipinski definition) is 2. The lowest BCUT2D eigenvalue weighted by molar-refractivity contribution is 0.0995. The topological polar surface area (TPSA) is 43.1 Å². The molecule has 0 saturated heterocycles. The molecule has 2 heteroatoms. The van der Waals surface area contributed by atoms with Gasteiger partial charge in [-0.3, -0.25) is 4.79 Å². The van der Waals surface area contributed by atoms with Gasteiger partial charge < -0.3 is 5.73 Å². The number of Topliss-reactive ketones (excluding diaryl/α,β-unsaturated/α-hetero) is 1. The summed E-state index contributed by atoms with van der Waals surface area (Å²) in [4.78, 5) is 11.7. The monoisotopic (exact) mass is 189 g/mol. The molecule has 0 fully saturated rings. The first kappa shape index (κ1) is 6.23. The summed E-state index contributed by atoms with van der Waals surface area (Å²) in [6.45, 7) is 0. The van der Waals surface area contributed by atoms with Crippen LogP contribution in [0.15, 0.2) is 6.07 Å². The van der Waals surface area contributed by atoms with Crippen molar-refractivity contribution in [1.29, 1.82) is 0 Å². The predicted molar refractivity (Wildman–Crippen MR) is 55.5 cm³/mol. The summed E-state index contributed by atoms with van der Waals surface area (Å²) in [6.07, 6.45) is 1.12. The van der Waals surface area contributed by atoms with Crippen LogP contribution >= 0.6 is 0 Å². The molecule has 0 aromatic heterocycles. The van der Waals surface area contributed by atoms with Crippen LogP contribution in [0.2, 0.25) is 0 Å². The van der Waals surface area contributed by atoms with E-state index < -0.39 is 6.37 Å². The highest BCUT2D eigenvalue weighted by Gasteiger charge is 2.27. The quantitative estimate of drug-likeness (QED) is 0.633. The Bertz CT molecular complexity index is 508. The van der Waals surface area contributed by atoms with E-state index in [1.807, 2.05) is 6.07 Å². The standard InChI is InChI=1S/C12H13NO/c13-12-9-3-1-2-7(9)6-8-4-5-10(14)11(8)12/h6H,1-5,13H2/i3D2. The smallest absolute Gasteiger partial charge is 0.165 e. The van der Waals surface area contributed by atoms with Crippen molar-refractivity contribution in [1.82, 2.24) is 0 Å². The molecule has 2 N–H and O–H groups in total. The third-order valence-corrected chi connectivity index (χ3v) is 3.13. The van der Waals surface area contributed by atoms with Gasteiger partial charge in [0.05, 0.1) is 0 Å². The maximum atomic E-state index is 11.7. The number of aryl methyl sites for hydroxylation is 2. The van der Waals surface area contributed by atoms with E-state index in [9.17, 15) is 4.79 Å². The Morgan fingerprint density at radius 2 is 2.14 bits per heavy atom. The van der Waals surface area contributed by atoms with Gasteiger partial charge >= 0.3 is 0 Å². The first-order chi connectivity index (χ1) is 7.50. The molecule has 14 heavy (non-hydrogen) atoms. The van der Waals surface area contributed by atoms with Crippen LogP contribution in [0.1, 0.15) is 42.6 Å². The molecule has 2 aliphatic rings. The van der Waals surface area contributed by atoms with E-state index in [-0.39, 0.29) is 5.78 Å². The normalized spacial score (nSPS) is 24.1. The Morgan fingerprint density at radius 3 is 3.00 bits per heavy atom. The molecule has 0 bridgehead atoms. The van der Waals surface area contributed by atoms with Gasteiger partial charge in [-0.05, 0) is 42.3 Å². The van der Waals surface area contributed by atoms with Crippen molar-refractivity contribution in [2.24, 2.45) is 0 Å². The molecule has 2 aliphatic carbocycles. The average Bonchev–Trinajstić information content (AvgIpc) is 2.70. The van der Waals surface area contributed by atoms with Crippen molar-refractivity contribution < 1.29 is 7.54 Å². The summed E-state index contributed by atoms with van der Waals surface area (Å²) in [5.74, 6) is 0.0676. The zero-order chi connectivity index (χ0) is 11.5. The first-order valence-corrected chi connectivity index (χ1v) is 4.98. The van der Waals surface area contributed by atoms with E-state index in [2.05, 4.69) is 0 Å². The maximum absolute atomic E-state index is 11.7. The van der Waals surface area contributed by atoms with Crippen molar-refractivity contribution in [2.45, 2.75) is 32.1 Å². The SMILES string of the molecule is [2H]C1([2H])CCc2cc3c(c(N)c21)C(=O)CC3. The number of fused-ring (bicyclic) bond motifs is 2. The molecule has 2 nitrogen and oxygen atoms in total. The summed E-state index contributed by atoms with van der Waals surface area (Å²) in [5, 5.41) is 0. The van der Waals surface area contributed by atoms with Gasteiger partial charge in [0, 0.05) is 20.4 Å². The summed E-state index contributed by atoms with van der Waals surface area (Å²) in [6, 6.07) is 1.98. The average molecular weight is 189 g/mol. The lowest BCUT2D eigenvalue weighted by atomic mass is 9.99. The van der Waals surface area contributed by atoms with Crippen molar-refractivity contribution in [3.8, 4) is 0 Å². The third kappa shape index (κ3) is 0.884. The van der Waals surface area contributed by atoms with Crippen molar-refractivity contribution in [2.75, 3.05) is 5.73 Å². The van der Waals surface area contributed by atoms with Gasteiger partial charge in [0.1, 0.15) is 0 Å². The van der Waals surface area contributed by atoms with Gasteiger partial charge in [-0.15, -0.1) is 0 Å². The number of ketones is 1. The van der Waals surface area contributed by atoms with E-state index >= 15 is 0 Å². The van der Waals surface area contributed by atoms with E-state index in [0.29, 0.717) is 29.7 Å². The Labute approximate surface area is 85.9 Å². The number of anilines is 1. The largest absolute Gasteiger partial charge is 0.398 e. The fourth-order valence-electron chi connectivity index (χ4n) is 2.45. The van der Waals surface area contributed by atoms with Gasteiger partial charge in [0.15, 0.2) is 5.78 Å². The zero-order valence-electron chi connectivity index (χ0n) is 9.89. The highest BCUT2D eigenvalue weighted by atomic mass is 16.1. The number of nitrogens with two attached hydrogens (primary N) is 1. The van der Waals surface area contributed by atoms with Gasteiger partial charge in [-0.2, -0.15) is 0 Å². The molecule has 0 unspecified atom stereocenters. The summed E-state index contributed by atoms with van der Waals surface area (Å²) in [7, 11) is 0. The van der Waals surface area contributed by atoms with E-state index in [0.717, 1.165) is 24.0 Å². The second kappa shape index (κ2) is 2.59. The molecule has 3 rings (SSSR count). The molecule has 0 aliphatic heterocycles. The lowest BCUT2D eigenvalue weighted by Gasteiger charge is -2.09. The Morgan fingerprint density at radius 1 is 1.29 bits per heavy atom. The van der Waals surface area contributed by atoms with Crippen molar-refractivity contribution >= 4 is 11.5 Å². The highest BCUT2D eigenvalue weighted by Crippen LogP contribution is 2.36. The fourth-order valence-corrected chi connectivity index (χ4v) is 2.45. The van der Waals surface area contributed by atoms with Crippen LogP contribution in [0.4, 0.5) is 5.69 Å². The number of carbonyl (C=O) groups is 1. The molecule has 0 atom stereocenters. The van der Waals surface area contributed by atoms with Crippen LogP contribution < -0.4 is 5.73 Å². The zero-order valence-corrected chi connectivity index (χ0v) is 7.89. The van der Waals surface area contributed by atoms with Crippen LogP contribution in [0.5, 0.6) is 0 Å². The van der Waals surface area contributed by atoms with Gasteiger partial charge in [0.25, 0.3) is 0 Å². The summed E-state index contributed by atoms with van der Waals surface area (Å²) >= 11 is 0. The van der Waals surface area contributed by atoms with Crippen LogP contribution in [0.3, 0.4) is 0 Å². The van der Waals surface area contributed by atoms with Crippen LogP contribution in [0.25, 0.3) is 0 Å². The number of rotatable bonds is 0. The summed E-state index contributed by atoms with van der Waals surface area (Å²) in [5.41, 5.74) is 9.56. The van der Waals surface area contributed by atoms with Crippen LogP contribution in [-0.4, -0.2) is 5.78 Å². The molecular formula is C12H13NO. The van der Waals surface area contributed by atoms with Gasteiger partial charge in [-0.1, -0.05) is 6.07 Å². The molecule has 0 saturated carbocycles. The first-order valence-electron chi connectivity index (χ1n) is 5.98.